The van der Waals surface area contributed by atoms with E-state index in [1.54, 1.807) is 4.90 Å². The summed E-state index contributed by atoms with van der Waals surface area (Å²) in [5.41, 5.74) is 5.43. The summed E-state index contributed by atoms with van der Waals surface area (Å²) in [4.78, 5) is 15.4. The van der Waals surface area contributed by atoms with E-state index in [0.717, 1.165) is 25.9 Å². The van der Waals surface area contributed by atoms with Crippen LogP contribution in [-0.2, 0) is 14.8 Å². The van der Waals surface area contributed by atoms with Gasteiger partial charge in [0, 0.05) is 19.5 Å². The lowest BCUT2D eigenvalue weighted by atomic mass is 10.3. The first-order chi connectivity index (χ1) is 8.84. The molecule has 7 nitrogen and oxygen atoms in total. The molecule has 1 aliphatic heterocycles. The Bertz CT molecular complexity index is 399. The summed E-state index contributed by atoms with van der Waals surface area (Å²) in [7, 11) is -1.60. The summed E-state index contributed by atoms with van der Waals surface area (Å²) in [5.74, 6) is -0.122. The van der Waals surface area contributed by atoms with Gasteiger partial charge < -0.3 is 15.5 Å². The molecule has 1 aliphatic rings. The minimum atomic E-state index is -3.61. The van der Waals surface area contributed by atoms with Crippen LogP contribution in [0, 0.1) is 0 Å². The van der Waals surface area contributed by atoms with Gasteiger partial charge in [0.1, 0.15) is 5.25 Å². The number of carbonyl (C=O) groups excluding carboxylic acids is 1. The summed E-state index contributed by atoms with van der Waals surface area (Å²) in [5, 5.41) is 4.33. The zero-order valence-electron chi connectivity index (χ0n) is 11.4. The molecule has 1 unspecified atom stereocenters. The highest BCUT2D eigenvalue weighted by Crippen LogP contribution is 2.16. The number of primary sulfonamides is 1. The highest BCUT2D eigenvalue weighted by atomic mass is 32.2. The number of amides is 1. The summed E-state index contributed by atoms with van der Waals surface area (Å²) < 4.78 is 22.4. The Morgan fingerprint density at radius 2 is 2.00 bits per heavy atom. The van der Waals surface area contributed by atoms with Crippen molar-refractivity contribution in [2.24, 2.45) is 10.9 Å². The molecule has 0 radical (unpaired) electrons. The molecule has 1 atom stereocenters. The van der Waals surface area contributed by atoms with Crippen molar-refractivity contribution in [1.82, 2.24) is 9.80 Å². The van der Waals surface area contributed by atoms with Gasteiger partial charge in [0.05, 0.1) is 0 Å². The Kier molecular flexibility index (Phi) is 6.18. The third kappa shape index (κ3) is 5.43. The van der Waals surface area contributed by atoms with Gasteiger partial charge in [0.25, 0.3) is 0 Å². The number of likely N-dealkylation sites (tertiary alicyclic amines) is 1. The van der Waals surface area contributed by atoms with E-state index >= 15 is 0 Å². The second-order valence-corrected chi connectivity index (χ2v) is 6.90. The number of hydrogen-bond donors (Lipinski definition) is 2. The van der Waals surface area contributed by atoms with E-state index in [4.69, 9.17) is 10.9 Å². The highest BCUT2D eigenvalue weighted by Gasteiger charge is 2.35. The molecule has 1 amide bonds. The highest BCUT2D eigenvalue weighted by molar-refractivity contribution is 7.89. The smallest absolute Gasteiger partial charge is 0.224 e. The molecule has 1 fully saturated rings. The third-order valence-electron chi connectivity index (χ3n) is 3.36. The minimum Gasteiger partial charge on any atom is -0.341 e. The standard InChI is InChI=1S/C11H24N4O3S/c1-14(5-2-4-12)6-3-7-15-9-10(8-11(15)16)19(13,17)18/h10H,2-9,12H2,1H3,(H2,13,17,18). The molecule has 1 rings (SSSR count). The third-order valence-corrected chi connectivity index (χ3v) is 4.60. The second kappa shape index (κ2) is 7.18. The molecule has 0 saturated carbocycles. The fourth-order valence-electron chi connectivity index (χ4n) is 2.18. The summed E-state index contributed by atoms with van der Waals surface area (Å²) in [6.45, 7) is 3.28. The maximum Gasteiger partial charge on any atom is 0.224 e. The number of nitrogens with zero attached hydrogens (tertiary/aromatic N) is 2. The van der Waals surface area contributed by atoms with E-state index in [2.05, 4.69) is 4.90 Å². The van der Waals surface area contributed by atoms with Crippen molar-refractivity contribution in [3.8, 4) is 0 Å². The monoisotopic (exact) mass is 292 g/mol. The summed E-state index contributed by atoms with van der Waals surface area (Å²) >= 11 is 0. The first-order valence-corrected chi connectivity index (χ1v) is 8.13. The average molecular weight is 292 g/mol. The maximum atomic E-state index is 11.7. The van der Waals surface area contributed by atoms with Crippen molar-refractivity contribution < 1.29 is 13.2 Å². The normalized spacial score (nSPS) is 20.5. The van der Waals surface area contributed by atoms with Crippen molar-refractivity contribution in [2.75, 3.05) is 39.8 Å². The Morgan fingerprint density at radius 3 is 2.53 bits per heavy atom. The maximum absolute atomic E-state index is 11.7. The molecule has 0 aromatic rings. The zero-order chi connectivity index (χ0) is 14.5. The molecule has 0 aromatic heterocycles. The van der Waals surface area contributed by atoms with Crippen LogP contribution in [0.2, 0.25) is 0 Å². The predicted octanol–water partition coefficient (Wildman–Crippen LogP) is -1.45. The van der Waals surface area contributed by atoms with E-state index < -0.39 is 15.3 Å². The van der Waals surface area contributed by atoms with Gasteiger partial charge in [0.2, 0.25) is 15.9 Å². The molecule has 0 aromatic carbocycles. The van der Waals surface area contributed by atoms with Crippen molar-refractivity contribution in [1.29, 1.82) is 0 Å². The summed E-state index contributed by atoms with van der Waals surface area (Å²) in [6, 6.07) is 0. The largest absolute Gasteiger partial charge is 0.341 e. The Balaban J connectivity index is 2.29. The lowest BCUT2D eigenvalue weighted by molar-refractivity contribution is -0.127. The van der Waals surface area contributed by atoms with E-state index in [-0.39, 0.29) is 18.9 Å². The first-order valence-electron chi connectivity index (χ1n) is 6.52. The van der Waals surface area contributed by atoms with Gasteiger partial charge in [-0.05, 0) is 39.5 Å². The molecule has 0 aliphatic carbocycles. The number of rotatable bonds is 8. The molecular formula is C11H24N4O3S. The van der Waals surface area contributed by atoms with Crippen LogP contribution in [0.1, 0.15) is 19.3 Å². The number of sulfonamides is 1. The van der Waals surface area contributed by atoms with Gasteiger partial charge in [-0.2, -0.15) is 0 Å². The predicted molar refractivity (Wildman–Crippen MR) is 73.9 cm³/mol. The molecule has 1 heterocycles. The SMILES string of the molecule is CN(CCCN)CCCN1CC(S(N)(=O)=O)CC1=O. The van der Waals surface area contributed by atoms with Gasteiger partial charge in [0.15, 0.2) is 0 Å². The molecule has 112 valence electrons. The van der Waals surface area contributed by atoms with Crippen LogP contribution in [0.3, 0.4) is 0 Å². The molecule has 8 heteroatoms. The topological polar surface area (TPSA) is 110 Å². The van der Waals surface area contributed by atoms with Gasteiger partial charge in [-0.1, -0.05) is 0 Å². The number of carbonyl (C=O) groups is 1. The molecule has 1 saturated heterocycles. The minimum absolute atomic E-state index is 0.0157. The van der Waals surface area contributed by atoms with Crippen LogP contribution < -0.4 is 10.9 Å². The van der Waals surface area contributed by atoms with Crippen LogP contribution >= 0.6 is 0 Å². The van der Waals surface area contributed by atoms with Crippen molar-refractivity contribution >= 4 is 15.9 Å². The van der Waals surface area contributed by atoms with Crippen molar-refractivity contribution in [3.05, 3.63) is 0 Å². The van der Waals surface area contributed by atoms with Gasteiger partial charge >= 0.3 is 0 Å². The number of nitrogens with two attached hydrogens (primary N) is 2. The quantitative estimate of drug-likeness (QED) is 0.568. The summed E-state index contributed by atoms with van der Waals surface area (Å²) in [6.07, 6.45) is 1.79. The molecule has 0 bridgehead atoms. The Morgan fingerprint density at radius 1 is 1.37 bits per heavy atom. The molecular weight excluding hydrogens is 268 g/mol. The van der Waals surface area contributed by atoms with Gasteiger partial charge in [-0.15, -0.1) is 0 Å². The zero-order valence-corrected chi connectivity index (χ0v) is 12.2. The van der Waals surface area contributed by atoms with Gasteiger partial charge in [-0.25, -0.2) is 13.6 Å². The van der Waals surface area contributed by atoms with Crippen LogP contribution in [0.5, 0.6) is 0 Å². The Hall–Kier alpha value is -0.700. The second-order valence-electron chi connectivity index (χ2n) is 5.05. The average Bonchev–Trinajstić information content (AvgIpc) is 2.68. The van der Waals surface area contributed by atoms with Crippen LogP contribution in [0.15, 0.2) is 0 Å². The van der Waals surface area contributed by atoms with Gasteiger partial charge in [-0.3, -0.25) is 4.79 Å². The van der Waals surface area contributed by atoms with Crippen molar-refractivity contribution in [2.45, 2.75) is 24.5 Å². The molecule has 0 spiro atoms. The van der Waals surface area contributed by atoms with E-state index in [9.17, 15) is 13.2 Å². The van der Waals surface area contributed by atoms with Crippen LogP contribution in [0.25, 0.3) is 0 Å². The fourth-order valence-corrected chi connectivity index (χ4v) is 2.94. The van der Waals surface area contributed by atoms with Crippen LogP contribution in [0.4, 0.5) is 0 Å². The molecule has 19 heavy (non-hydrogen) atoms. The van der Waals surface area contributed by atoms with Crippen molar-refractivity contribution in [3.63, 3.8) is 0 Å². The van der Waals surface area contributed by atoms with E-state index in [1.165, 1.54) is 0 Å². The fraction of sp³-hybridized carbons (Fsp3) is 0.909. The lowest BCUT2D eigenvalue weighted by Gasteiger charge is -2.20. The number of hydrogen-bond acceptors (Lipinski definition) is 5. The van der Waals surface area contributed by atoms with E-state index in [1.807, 2.05) is 7.05 Å². The first kappa shape index (κ1) is 16.4. The lowest BCUT2D eigenvalue weighted by Crippen LogP contribution is -2.33. The van der Waals surface area contributed by atoms with E-state index in [0.29, 0.717) is 13.1 Å². The van der Waals surface area contributed by atoms with Crippen LogP contribution in [-0.4, -0.2) is 69.1 Å². The molecule has 4 N–H and O–H groups in total. The Labute approximate surface area is 115 Å².